The van der Waals surface area contributed by atoms with Crippen molar-refractivity contribution >= 4 is 16.9 Å². The zero-order chi connectivity index (χ0) is 15.2. The second-order valence-electron chi connectivity index (χ2n) is 5.10. The van der Waals surface area contributed by atoms with Crippen molar-refractivity contribution in [1.29, 1.82) is 0 Å². The molecule has 0 fully saturated rings. The number of carbonyl (C=O) groups is 1. The summed E-state index contributed by atoms with van der Waals surface area (Å²) < 4.78 is 2.17. The number of nitrogens with zero attached hydrogens (tertiary/aromatic N) is 2. The van der Waals surface area contributed by atoms with E-state index in [-0.39, 0.29) is 5.91 Å². The average molecular weight is 283 g/mol. The van der Waals surface area contributed by atoms with Crippen molar-refractivity contribution in [2.75, 3.05) is 6.54 Å². The van der Waals surface area contributed by atoms with Crippen LogP contribution >= 0.6 is 0 Å². The molecule has 1 amide bonds. The van der Waals surface area contributed by atoms with Crippen LogP contribution in [0.4, 0.5) is 0 Å². The van der Waals surface area contributed by atoms with Crippen molar-refractivity contribution in [3.8, 4) is 0 Å². The molecular formula is C17H21N3O. The summed E-state index contributed by atoms with van der Waals surface area (Å²) in [4.78, 5) is 16.1. The third-order valence-corrected chi connectivity index (χ3v) is 3.13. The summed E-state index contributed by atoms with van der Waals surface area (Å²) >= 11 is 0. The lowest BCUT2D eigenvalue weighted by Gasteiger charge is -2.09. The van der Waals surface area contributed by atoms with Crippen LogP contribution < -0.4 is 5.32 Å². The minimum Gasteiger partial charge on any atom is -0.352 e. The molecule has 1 aromatic heterocycles. The monoisotopic (exact) mass is 283 g/mol. The van der Waals surface area contributed by atoms with Gasteiger partial charge in [0.2, 0.25) is 5.91 Å². The summed E-state index contributed by atoms with van der Waals surface area (Å²) in [5.41, 5.74) is 3.17. The number of hydrogen-bond donors (Lipinski definition) is 1. The summed E-state index contributed by atoms with van der Waals surface area (Å²) in [5, 5.41) is 2.86. The van der Waals surface area contributed by atoms with Crippen LogP contribution in [0.2, 0.25) is 0 Å². The minimum atomic E-state index is -0.0694. The highest BCUT2D eigenvalue weighted by atomic mass is 16.1. The number of fused-ring (bicyclic) bond motifs is 1. The molecular weight excluding hydrogens is 262 g/mol. The maximum absolute atomic E-state index is 11.4. The molecule has 1 N–H and O–H groups in total. The SMILES string of the molecule is C=C(C)Cn1c(CCNC(=O)/C=C/C)nc2ccccc21. The summed E-state index contributed by atoms with van der Waals surface area (Å²) in [6.45, 7) is 9.14. The van der Waals surface area contributed by atoms with Crippen LogP contribution in [0, 0.1) is 0 Å². The standard InChI is InChI=1S/C17H21N3O/c1-4-7-17(21)18-11-10-16-19-14-8-5-6-9-15(14)20(16)12-13(2)3/h4-9H,2,10-12H2,1,3H3,(H,18,21)/b7-4+. The number of para-hydroxylation sites is 2. The number of aromatic nitrogens is 2. The first-order valence-electron chi connectivity index (χ1n) is 7.11. The van der Waals surface area contributed by atoms with Gasteiger partial charge >= 0.3 is 0 Å². The Bertz CT molecular complexity index is 682. The predicted molar refractivity (Wildman–Crippen MR) is 86.1 cm³/mol. The number of nitrogens with one attached hydrogen (secondary N) is 1. The van der Waals surface area contributed by atoms with Crippen molar-refractivity contribution in [2.24, 2.45) is 0 Å². The highest BCUT2D eigenvalue weighted by Crippen LogP contribution is 2.17. The average Bonchev–Trinajstić information content (AvgIpc) is 2.77. The van der Waals surface area contributed by atoms with Crippen LogP contribution in [0.15, 0.2) is 48.6 Å². The number of amides is 1. The van der Waals surface area contributed by atoms with E-state index in [1.807, 2.05) is 32.0 Å². The lowest BCUT2D eigenvalue weighted by molar-refractivity contribution is -0.116. The van der Waals surface area contributed by atoms with Crippen LogP contribution in [-0.4, -0.2) is 22.0 Å². The topological polar surface area (TPSA) is 46.9 Å². The van der Waals surface area contributed by atoms with Crippen molar-refractivity contribution in [1.82, 2.24) is 14.9 Å². The fraction of sp³-hybridized carbons (Fsp3) is 0.294. The summed E-state index contributed by atoms with van der Waals surface area (Å²) in [6.07, 6.45) is 3.95. The van der Waals surface area contributed by atoms with Crippen molar-refractivity contribution in [2.45, 2.75) is 26.8 Å². The molecule has 0 bridgehead atoms. The smallest absolute Gasteiger partial charge is 0.243 e. The Balaban J connectivity index is 2.18. The summed E-state index contributed by atoms with van der Waals surface area (Å²) in [7, 11) is 0. The van der Waals surface area contributed by atoms with Gasteiger partial charge < -0.3 is 9.88 Å². The van der Waals surface area contributed by atoms with Gasteiger partial charge in [-0.05, 0) is 32.1 Å². The molecule has 0 radical (unpaired) electrons. The molecule has 0 aliphatic carbocycles. The Morgan fingerprint density at radius 2 is 2.19 bits per heavy atom. The maximum atomic E-state index is 11.4. The van der Waals surface area contributed by atoms with E-state index in [1.165, 1.54) is 6.08 Å². The second kappa shape index (κ2) is 6.88. The van der Waals surface area contributed by atoms with Gasteiger partial charge in [-0.2, -0.15) is 0 Å². The first-order valence-corrected chi connectivity index (χ1v) is 7.11. The molecule has 0 unspecified atom stereocenters. The van der Waals surface area contributed by atoms with E-state index < -0.39 is 0 Å². The zero-order valence-electron chi connectivity index (χ0n) is 12.6. The molecule has 0 aliphatic rings. The quantitative estimate of drug-likeness (QED) is 0.654. The van der Waals surface area contributed by atoms with E-state index in [4.69, 9.17) is 0 Å². The van der Waals surface area contributed by atoms with Gasteiger partial charge in [0, 0.05) is 19.5 Å². The van der Waals surface area contributed by atoms with Gasteiger partial charge in [-0.25, -0.2) is 4.98 Å². The number of imidazole rings is 1. The maximum Gasteiger partial charge on any atom is 0.243 e. The third-order valence-electron chi connectivity index (χ3n) is 3.13. The molecule has 0 spiro atoms. The Kier molecular flexibility index (Phi) is 4.93. The van der Waals surface area contributed by atoms with Crippen molar-refractivity contribution in [3.05, 3.63) is 54.4 Å². The van der Waals surface area contributed by atoms with E-state index in [0.29, 0.717) is 13.0 Å². The van der Waals surface area contributed by atoms with Gasteiger partial charge in [-0.1, -0.05) is 30.4 Å². The van der Waals surface area contributed by atoms with Gasteiger partial charge in [-0.3, -0.25) is 4.79 Å². The highest BCUT2D eigenvalue weighted by molar-refractivity contribution is 5.87. The molecule has 4 heteroatoms. The number of carbonyl (C=O) groups excluding carboxylic acids is 1. The lowest BCUT2D eigenvalue weighted by Crippen LogP contribution is -2.24. The van der Waals surface area contributed by atoms with Gasteiger partial charge in [0.25, 0.3) is 0 Å². The van der Waals surface area contributed by atoms with E-state index >= 15 is 0 Å². The second-order valence-corrected chi connectivity index (χ2v) is 5.10. The molecule has 0 saturated heterocycles. The first-order chi connectivity index (χ1) is 10.1. The lowest BCUT2D eigenvalue weighted by atomic mass is 10.3. The van der Waals surface area contributed by atoms with E-state index in [2.05, 4.69) is 27.5 Å². The number of benzene rings is 1. The van der Waals surface area contributed by atoms with Gasteiger partial charge in [0.15, 0.2) is 0 Å². The van der Waals surface area contributed by atoms with Crippen LogP contribution in [0.3, 0.4) is 0 Å². The highest BCUT2D eigenvalue weighted by Gasteiger charge is 2.10. The van der Waals surface area contributed by atoms with Crippen molar-refractivity contribution < 1.29 is 4.79 Å². The molecule has 110 valence electrons. The Morgan fingerprint density at radius 1 is 1.43 bits per heavy atom. The number of allylic oxidation sites excluding steroid dienone is 2. The minimum absolute atomic E-state index is 0.0694. The van der Waals surface area contributed by atoms with E-state index in [1.54, 1.807) is 6.08 Å². The Hall–Kier alpha value is -2.36. The number of rotatable bonds is 6. The molecule has 4 nitrogen and oxygen atoms in total. The fourth-order valence-electron chi connectivity index (χ4n) is 2.27. The predicted octanol–water partition coefficient (Wildman–Crippen LogP) is 2.85. The van der Waals surface area contributed by atoms with E-state index in [0.717, 1.165) is 29.0 Å². The molecule has 2 rings (SSSR count). The molecule has 0 atom stereocenters. The molecule has 1 aromatic carbocycles. The molecule has 0 aliphatic heterocycles. The van der Waals surface area contributed by atoms with E-state index in [9.17, 15) is 4.79 Å². The van der Waals surface area contributed by atoms with Gasteiger partial charge in [0.05, 0.1) is 11.0 Å². The first kappa shape index (κ1) is 15.0. The Labute approximate surface area is 125 Å². The third kappa shape index (κ3) is 3.81. The molecule has 21 heavy (non-hydrogen) atoms. The molecule has 0 saturated carbocycles. The molecule has 1 heterocycles. The van der Waals surface area contributed by atoms with Crippen LogP contribution in [-0.2, 0) is 17.8 Å². The largest absolute Gasteiger partial charge is 0.352 e. The summed E-state index contributed by atoms with van der Waals surface area (Å²) in [5.74, 6) is 0.903. The van der Waals surface area contributed by atoms with Crippen molar-refractivity contribution in [3.63, 3.8) is 0 Å². The fourth-order valence-corrected chi connectivity index (χ4v) is 2.27. The van der Waals surface area contributed by atoms with Crippen LogP contribution in [0.5, 0.6) is 0 Å². The number of hydrogen-bond acceptors (Lipinski definition) is 2. The Morgan fingerprint density at radius 3 is 2.90 bits per heavy atom. The normalized spacial score (nSPS) is 11.1. The van der Waals surface area contributed by atoms with Crippen LogP contribution in [0.1, 0.15) is 19.7 Å². The van der Waals surface area contributed by atoms with Gasteiger partial charge in [0.1, 0.15) is 5.82 Å². The zero-order valence-corrected chi connectivity index (χ0v) is 12.6. The van der Waals surface area contributed by atoms with Gasteiger partial charge in [-0.15, -0.1) is 0 Å². The summed E-state index contributed by atoms with van der Waals surface area (Å²) in [6, 6.07) is 8.06. The molecule has 2 aromatic rings. The van der Waals surface area contributed by atoms with Crippen LogP contribution in [0.25, 0.3) is 11.0 Å².